The van der Waals surface area contributed by atoms with Gasteiger partial charge in [-0.3, -0.25) is 0 Å². The Morgan fingerprint density at radius 2 is 0.224 bits per heavy atom. The van der Waals surface area contributed by atoms with E-state index in [-0.39, 0.29) is 0 Å². The lowest BCUT2D eigenvalue weighted by molar-refractivity contribution is 4.96. The second-order valence-electron chi connectivity index (χ2n) is 11.3. The van der Waals surface area contributed by atoms with Crippen LogP contribution in [0, 0.1) is 0 Å². The number of thiol groups is 1. The Morgan fingerprint density at radius 3 is 0.294 bits per heavy atom. The molecule has 1 unspecified atom stereocenters. The first-order chi connectivity index (χ1) is 35.4. The van der Waals surface area contributed by atoms with Gasteiger partial charge in [0.05, 0.1) is 5.21 Å². The van der Waals surface area contributed by atoms with Crippen molar-refractivity contribution in [3.05, 3.63) is 0 Å². The largest absolute Gasteiger partial charge is 0.463 e. The van der Waals surface area contributed by atoms with Crippen LogP contribution in [-0.4, -0.2) is 0 Å². The Bertz CT molecular complexity index is 6440. The van der Waals surface area contributed by atoms with Gasteiger partial charge in [0, 0.05) is 153 Å². The summed E-state index contributed by atoms with van der Waals surface area (Å²) < 4.78 is 0. The molecule has 85 heavy (non-hydrogen) atoms. The van der Waals surface area contributed by atoms with Crippen LogP contribution in [0.5, 0.6) is 0 Å². The van der Waals surface area contributed by atoms with Gasteiger partial charge in [-0.15, -0.1) is 0 Å². The average Bonchev–Trinajstić information content (AvgIpc) is 3.26. The maximum Gasteiger partial charge on any atom is 0.148 e. The van der Waals surface area contributed by atoms with Gasteiger partial charge < -0.3 is 12.2 Å². The first-order valence-electron chi connectivity index (χ1n) is 14.1. The molecular weight excluding hydrogens is 2720 g/mol. The van der Waals surface area contributed by atoms with Gasteiger partial charge in [-0.05, 0) is 582 Å². The summed E-state index contributed by atoms with van der Waals surface area (Å²) in [6.07, 6.45) is 0. The molecule has 0 heterocycles. The second-order valence-corrected chi connectivity index (χ2v) is 305. The summed E-state index contributed by atoms with van der Waals surface area (Å²) in [5.74, 6) is -3.09. The highest BCUT2D eigenvalue weighted by Crippen LogP contribution is 2.47. The van der Waals surface area contributed by atoms with Crippen molar-refractivity contribution >= 4 is 786 Å². The van der Waals surface area contributed by atoms with Crippen LogP contribution in [0.15, 0.2) is 0 Å². The predicted octanol–water partition coefficient (Wildman–Crippen LogP) is 1.04. The van der Waals surface area contributed by atoms with E-state index in [9.17, 15) is 0 Å². The van der Waals surface area contributed by atoms with Crippen molar-refractivity contribution in [2.24, 2.45) is 0 Å². The molecule has 0 aromatic carbocycles. The average molecular weight is 2730 g/mol. The second kappa shape index (κ2) is 33.7. The summed E-state index contributed by atoms with van der Waals surface area (Å²) >= 11 is 340. The zero-order valence-electron chi connectivity index (χ0n) is 34.8. The molecule has 0 spiro atoms. The van der Waals surface area contributed by atoms with E-state index in [0.29, 0.717) is 0 Å². The molecule has 0 radical (unpaired) electrons. The highest BCUT2D eigenvalue weighted by atomic mass is 34.5. The fraction of sp³-hybridized carbons (Fsp3) is 0. The highest BCUT2D eigenvalue weighted by Gasteiger charge is 2.49. The third kappa shape index (κ3) is 16.9. The molecule has 0 aromatic rings. The lowest BCUT2D eigenvalue weighted by Gasteiger charge is -2.37. The van der Waals surface area contributed by atoms with E-state index in [1.807, 2.05) is 0 Å². The van der Waals surface area contributed by atoms with Crippen molar-refractivity contribution in [2.75, 3.05) is 0 Å². The Kier molecular flexibility index (Phi) is 42.7. The van der Waals surface area contributed by atoms with Gasteiger partial charge in [0.25, 0.3) is 0 Å². The van der Waals surface area contributed by atoms with Crippen molar-refractivity contribution in [1.29, 1.82) is 0 Å². The molecule has 0 N–H and O–H groups in total. The zero-order chi connectivity index (χ0) is 71.1. The van der Waals surface area contributed by atoms with E-state index in [1.165, 1.54) is 0 Å². The summed E-state index contributed by atoms with van der Waals surface area (Å²) in [5.41, 5.74) is 0. The van der Waals surface area contributed by atoms with Crippen LogP contribution in [0.1, 0.15) is 0 Å². The predicted molar refractivity (Wildman–Crippen MR) is 627 cm³/mol. The van der Waals surface area contributed by atoms with Gasteiger partial charge >= 0.3 is 0 Å². The molecule has 0 saturated carbocycles. The topological polar surface area (TPSA) is 0 Å². The van der Waals surface area contributed by atoms with Crippen LogP contribution < -0.4 is 0 Å². The van der Waals surface area contributed by atoms with Crippen molar-refractivity contribution in [1.82, 2.24) is 0 Å². The lowest BCUT2D eigenvalue weighted by atomic mass is 29.6. The van der Waals surface area contributed by atoms with Gasteiger partial charge in [0.15, 0.2) is 0 Å². The highest BCUT2D eigenvalue weighted by molar-refractivity contribution is 9.82. The molecule has 0 amide bonds. The fourth-order valence-electron chi connectivity index (χ4n) is 2.63. The molecule has 0 rings (SSSR count). The van der Waals surface area contributed by atoms with Crippen molar-refractivity contribution < 1.29 is 0 Å². The van der Waals surface area contributed by atoms with Crippen LogP contribution in [0.3, 0.4) is 0 Å². The number of rotatable bonds is 27. The summed E-state index contributed by atoms with van der Waals surface area (Å²) in [5, 5.41) is -103. The minimum absolute atomic E-state index is 2.00. The van der Waals surface area contributed by atoms with E-state index in [2.05, 4.69) is 11.7 Å². The summed E-state index contributed by atoms with van der Waals surface area (Å²) in [4.78, 5) is 0. The van der Waals surface area contributed by atoms with Crippen molar-refractivity contribution in [3.63, 3.8) is 0 Å². The molecule has 510 valence electrons. The van der Waals surface area contributed by atoms with Crippen LogP contribution in [0.25, 0.3) is 0 Å². The quantitative estimate of drug-likeness (QED) is 0.0540. The molecule has 0 aliphatic carbocycles. The Morgan fingerprint density at radius 1 is 0.153 bits per heavy atom. The molecule has 0 nitrogen and oxygen atoms in total. The third-order valence-corrected chi connectivity index (χ3v) is 543. The molecule has 0 aliphatic heterocycles. The van der Waals surface area contributed by atoms with Gasteiger partial charge in [-0.2, -0.15) is 0 Å². The smallest absolute Gasteiger partial charge is 0.148 e. The zero-order valence-corrected chi connectivity index (χ0v) is 104. The minimum atomic E-state index is -4.13. The van der Waals surface area contributed by atoms with E-state index in [0.717, 1.165) is 0 Å². The Hall–Kier alpha value is 22.6. The summed E-state index contributed by atoms with van der Waals surface area (Å²) in [7, 11) is 0. The molecular formula is HPS84. The minimum Gasteiger partial charge on any atom is -0.463 e. The van der Waals surface area contributed by atoms with Crippen molar-refractivity contribution in [3.8, 4) is 0 Å². The molecule has 0 bridgehead atoms. The van der Waals surface area contributed by atoms with E-state index >= 15 is 0 Å². The maximum atomic E-state index is 6.18. The van der Waals surface area contributed by atoms with Gasteiger partial charge in [-0.25, -0.2) is 0 Å². The number of hydrogen-bond acceptors (Lipinski definition) is 56. The van der Waals surface area contributed by atoms with E-state index < -0.39 is 146 Å². The standard InChI is InChI=1S/HPS84/c2-1(3)59(4,5)61(9,10)63(13,14)65(17,18)67(21,22)69(25,26)71(29,30)73(33,34)75(37,38)77(41,42)79(45,46)81(49,50)83(53,54)85(57,58)84(55,56)82(51,52)80(47,48)78(43,44)76(39,40)74(35,36)72(31,32)70(27,28)68(23,24)66(19,20)64(15,16)62(11,12)60(6,7)8/h(H,6,7,8). The van der Waals surface area contributed by atoms with Crippen molar-refractivity contribution in [2.45, 2.75) is 0 Å². The van der Waals surface area contributed by atoms with E-state index in [4.69, 9.17) is 628 Å². The monoisotopic (exact) mass is 2720 g/mol. The summed E-state index contributed by atoms with van der Waals surface area (Å²) in [6.45, 7) is 0. The molecule has 0 saturated heterocycles. The Labute approximate surface area is 762 Å². The molecule has 0 fully saturated rings. The molecule has 1 atom stereocenters. The van der Waals surface area contributed by atoms with Gasteiger partial charge in [0.1, 0.15) is 22.7 Å². The van der Waals surface area contributed by atoms with Gasteiger partial charge in [-0.1, -0.05) is 11.7 Å². The molecule has 0 aromatic heterocycles. The van der Waals surface area contributed by atoms with E-state index in [1.54, 1.807) is 0 Å². The third-order valence-electron chi connectivity index (χ3n) is 6.70. The number of hydrogen-bond donors (Lipinski definition) is 1. The van der Waals surface area contributed by atoms with Crippen LogP contribution in [-0.2, 0) is 769 Å². The normalized spacial score (nSPS) is 17.0. The molecule has 0 aliphatic rings. The SMILES string of the molecule is S=[P+]([S-])S(=S)(=S)S(=S)(=S)S(=S)(=S)S(=S)(=S)S(=S)(=S)S(=S)(=S)S(=S)(=S)S(=S)(=S)S(=S)(=S)S(=S)(=S)S(=S)(=S)S(=S)(=S)S(=S)(=S)S(=S)(=S)S(=S)(=S)S(=S)(=S)S(=S)(=S)S(=S)(=S)S(=S)(=S)S(=S)(=S)S(=S)(=S)S(=S)(=S)S(=S)(=S)S(=S)(=S)S(=S)(=S)S(=S)(=S)S(=S)(=S)S. The fourth-order valence-corrected chi connectivity index (χ4v) is 640. The Balaban J connectivity index is 8.75. The first-order valence-corrected chi connectivity index (χ1v) is 127. The van der Waals surface area contributed by atoms with Crippen LogP contribution >= 0.6 is 16.8 Å². The lowest BCUT2D eigenvalue weighted by Crippen LogP contribution is -2.40. The maximum absolute atomic E-state index is 6.18. The van der Waals surface area contributed by atoms with Crippen LogP contribution in [0.2, 0.25) is 0 Å². The van der Waals surface area contributed by atoms with Gasteiger partial charge in [0.2, 0.25) is 0 Å². The summed E-state index contributed by atoms with van der Waals surface area (Å²) in [6, 6.07) is 0. The first kappa shape index (κ1) is 108. The molecule has 85 heteroatoms. The van der Waals surface area contributed by atoms with Crippen LogP contribution in [0.4, 0.5) is 0 Å².